The highest BCUT2D eigenvalue weighted by Crippen LogP contribution is 2.14. The molecule has 1 amide bonds. The number of primary amides is 1. The van der Waals surface area contributed by atoms with E-state index in [9.17, 15) is 4.79 Å². The molecule has 0 radical (unpaired) electrons. The molecule has 2 rings (SSSR count). The van der Waals surface area contributed by atoms with Gasteiger partial charge < -0.3 is 5.73 Å². The topological polar surface area (TPSA) is 46.3 Å². The minimum atomic E-state index is -0.235. The largest absolute Gasteiger partial charge is 0.369 e. The van der Waals surface area contributed by atoms with Crippen LogP contribution in [0.4, 0.5) is 0 Å². The molecule has 1 aliphatic heterocycles. The maximum absolute atomic E-state index is 10.8. The van der Waals surface area contributed by atoms with Crippen molar-refractivity contribution in [2.45, 2.75) is 12.8 Å². The second-order valence-electron chi connectivity index (χ2n) is 4.01. The van der Waals surface area contributed by atoms with E-state index in [1.165, 1.54) is 11.1 Å². The Morgan fingerprint density at radius 2 is 1.73 bits per heavy atom. The number of amides is 1. The lowest BCUT2D eigenvalue weighted by atomic mass is 10.0. The van der Waals surface area contributed by atoms with Gasteiger partial charge in [0.15, 0.2) is 0 Å². The Hall–Kier alpha value is -1.35. The highest BCUT2D eigenvalue weighted by atomic mass is 16.1. The molecule has 3 nitrogen and oxygen atoms in total. The molecule has 0 fully saturated rings. The molecule has 2 N–H and O–H groups in total. The molecule has 1 aromatic carbocycles. The molecule has 1 aromatic rings. The van der Waals surface area contributed by atoms with Gasteiger partial charge >= 0.3 is 0 Å². The van der Waals surface area contributed by atoms with Crippen molar-refractivity contribution < 1.29 is 4.79 Å². The van der Waals surface area contributed by atoms with Crippen LogP contribution in [-0.4, -0.2) is 30.4 Å². The molecular formula is C12H16N2O. The summed E-state index contributed by atoms with van der Waals surface area (Å²) in [7, 11) is 0. The van der Waals surface area contributed by atoms with Gasteiger partial charge in [-0.1, -0.05) is 24.3 Å². The molecule has 0 aliphatic carbocycles. The third-order valence-corrected chi connectivity index (χ3v) is 2.89. The zero-order valence-corrected chi connectivity index (χ0v) is 8.78. The van der Waals surface area contributed by atoms with Crippen LogP contribution in [0.3, 0.4) is 0 Å². The molecule has 3 heteroatoms. The number of benzene rings is 1. The Bertz CT molecular complexity index is 335. The van der Waals surface area contributed by atoms with Crippen LogP contribution in [0.2, 0.25) is 0 Å². The zero-order valence-electron chi connectivity index (χ0n) is 8.78. The number of nitrogens with two attached hydrogens (primary N) is 1. The summed E-state index contributed by atoms with van der Waals surface area (Å²) in [6.07, 6.45) is 2.03. The molecule has 0 bridgehead atoms. The lowest BCUT2D eigenvalue weighted by Crippen LogP contribution is -2.35. The van der Waals surface area contributed by atoms with E-state index in [-0.39, 0.29) is 5.91 Å². The molecular weight excluding hydrogens is 188 g/mol. The molecule has 80 valence electrons. The molecule has 15 heavy (non-hydrogen) atoms. The molecule has 0 saturated carbocycles. The first-order valence-corrected chi connectivity index (χ1v) is 5.33. The van der Waals surface area contributed by atoms with Crippen LogP contribution >= 0.6 is 0 Å². The van der Waals surface area contributed by atoms with E-state index in [1.807, 2.05) is 0 Å². The van der Waals surface area contributed by atoms with E-state index in [4.69, 9.17) is 5.73 Å². The van der Waals surface area contributed by atoms with Crippen molar-refractivity contribution in [3.05, 3.63) is 35.4 Å². The Balaban J connectivity index is 2.05. The van der Waals surface area contributed by atoms with Crippen molar-refractivity contribution in [2.75, 3.05) is 19.6 Å². The van der Waals surface area contributed by atoms with Gasteiger partial charge in [0.2, 0.25) is 5.91 Å². The fourth-order valence-corrected chi connectivity index (χ4v) is 2.09. The number of hydrogen-bond donors (Lipinski definition) is 1. The first-order chi connectivity index (χ1) is 7.25. The van der Waals surface area contributed by atoms with Crippen LogP contribution in [-0.2, 0) is 17.6 Å². The van der Waals surface area contributed by atoms with Crippen molar-refractivity contribution in [1.82, 2.24) is 4.90 Å². The number of hydrogen-bond acceptors (Lipinski definition) is 2. The Kier molecular flexibility index (Phi) is 3.02. The Morgan fingerprint density at radius 1 is 1.20 bits per heavy atom. The van der Waals surface area contributed by atoms with Crippen molar-refractivity contribution >= 4 is 5.91 Å². The van der Waals surface area contributed by atoms with Crippen molar-refractivity contribution in [3.63, 3.8) is 0 Å². The summed E-state index contributed by atoms with van der Waals surface area (Å²) < 4.78 is 0. The summed E-state index contributed by atoms with van der Waals surface area (Å²) in [4.78, 5) is 13.0. The summed E-state index contributed by atoms with van der Waals surface area (Å²) >= 11 is 0. The monoisotopic (exact) mass is 204 g/mol. The van der Waals surface area contributed by atoms with E-state index in [0.717, 1.165) is 25.9 Å². The molecule has 0 aromatic heterocycles. The van der Waals surface area contributed by atoms with E-state index in [0.29, 0.717) is 6.54 Å². The third kappa shape index (κ3) is 2.57. The van der Waals surface area contributed by atoms with Gasteiger partial charge in [0.1, 0.15) is 0 Å². The Labute approximate surface area is 89.9 Å². The van der Waals surface area contributed by atoms with Crippen LogP contribution in [0.25, 0.3) is 0 Å². The SMILES string of the molecule is NC(=O)CN1CCc2ccccc2CC1. The van der Waals surface area contributed by atoms with Gasteiger partial charge in [-0.05, 0) is 24.0 Å². The van der Waals surface area contributed by atoms with Crippen molar-refractivity contribution in [2.24, 2.45) is 5.73 Å². The van der Waals surface area contributed by atoms with Gasteiger partial charge in [0.05, 0.1) is 6.54 Å². The smallest absolute Gasteiger partial charge is 0.231 e. The van der Waals surface area contributed by atoms with E-state index < -0.39 is 0 Å². The lowest BCUT2D eigenvalue weighted by Gasteiger charge is -2.16. The molecule has 0 spiro atoms. The fourth-order valence-electron chi connectivity index (χ4n) is 2.09. The lowest BCUT2D eigenvalue weighted by molar-refractivity contribution is -0.119. The molecule has 0 saturated heterocycles. The standard InChI is InChI=1S/C12H16N2O/c13-12(15)9-14-7-5-10-3-1-2-4-11(10)6-8-14/h1-4H,5-9H2,(H2,13,15). The molecule has 0 atom stereocenters. The van der Waals surface area contributed by atoms with Gasteiger partial charge in [-0.2, -0.15) is 0 Å². The molecule has 0 unspecified atom stereocenters. The summed E-state index contributed by atoms with van der Waals surface area (Å²) in [6, 6.07) is 8.48. The van der Waals surface area contributed by atoms with Gasteiger partial charge in [0.25, 0.3) is 0 Å². The van der Waals surface area contributed by atoms with E-state index >= 15 is 0 Å². The minimum Gasteiger partial charge on any atom is -0.369 e. The zero-order chi connectivity index (χ0) is 10.7. The fraction of sp³-hybridized carbons (Fsp3) is 0.417. The quantitative estimate of drug-likeness (QED) is 0.765. The average Bonchev–Trinajstić information content (AvgIpc) is 2.41. The van der Waals surface area contributed by atoms with Gasteiger partial charge in [-0.3, -0.25) is 9.69 Å². The van der Waals surface area contributed by atoms with E-state index in [1.54, 1.807) is 0 Å². The predicted molar refractivity (Wildman–Crippen MR) is 59.5 cm³/mol. The number of rotatable bonds is 2. The summed E-state index contributed by atoms with van der Waals surface area (Å²) in [5, 5.41) is 0. The van der Waals surface area contributed by atoms with Crippen LogP contribution in [0, 0.1) is 0 Å². The normalized spacial score (nSPS) is 16.8. The average molecular weight is 204 g/mol. The maximum atomic E-state index is 10.8. The summed E-state index contributed by atoms with van der Waals surface area (Å²) in [6.45, 7) is 2.24. The van der Waals surface area contributed by atoms with Crippen molar-refractivity contribution in [3.8, 4) is 0 Å². The second kappa shape index (κ2) is 4.45. The summed E-state index contributed by atoms with van der Waals surface area (Å²) in [5.41, 5.74) is 8.01. The van der Waals surface area contributed by atoms with Crippen LogP contribution in [0.5, 0.6) is 0 Å². The van der Waals surface area contributed by atoms with E-state index in [2.05, 4.69) is 29.2 Å². The Morgan fingerprint density at radius 3 is 2.20 bits per heavy atom. The highest BCUT2D eigenvalue weighted by Gasteiger charge is 2.14. The van der Waals surface area contributed by atoms with Crippen LogP contribution in [0.1, 0.15) is 11.1 Å². The summed E-state index contributed by atoms with van der Waals surface area (Å²) in [5.74, 6) is -0.235. The number of fused-ring (bicyclic) bond motifs is 1. The first-order valence-electron chi connectivity index (χ1n) is 5.33. The second-order valence-corrected chi connectivity index (χ2v) is 4.01. The van der Waals surface area contributed by atoms with Gasteiger partial charge in [-0.15, -0.1) is 0 Å². The maximum Gasteiger partial charge on any atom is 0.231 e. The number of carbonyl (C=O) groups is 1. The minimum absolute atomic E-state index is 0.235. The van der Waals surface area contributed by atoms with Crippen LogP contribution in [0.15, 0.2) is 24.3 Å². The van der Waals surface area contributed by atoms with Gasteiger partial charge in [0, 0.05) is 13.1 Å². The molecule has 1 aliphatic rings. The first kappa shape index (κ1) is 10.2. The van der Waals surface area contributed by atoms with Crippen molar-refractivity contribution in [1.29, 1.82) is 0 Å². The number of carbonyl (C=O) groups excluding carboxylic acids is 1. The van der Waals surface area contributed by atoms with Gasteiger partial charge in [-0.25, -0.2) is 0 Å². The predicted octanol–water partition coefficient (Wildman–Crippen LogP) is 0.572. The highest BCUT2D eigenvalue weighted by molar-refractivity contribution is 5.75. The number of nitrogens with zero attached hydrogens (tertiary/aromatic N) is 1. The third-order valence-electron chi connectivity index (χ3n) is 2.89. The van der Waals surface area contributed by atoms with Crippen LogP contribution < -0.4 is 5.73 Å². The molecule has 1 heterocycles.